The fourth-order valence-electron chi connectivity index (χ4n) is 2.11. The first-order valence-corrected chi connectivity index (χ1v) is 10.2. The van der Waals surface area contributed by atoms with Gasteiger partial charge in [0.05, 0.1) is 5.75 Å². The van der Waals surface area contributed by atoms with Gasteiger partial charge in [-0.25, -0.2) is 0 Å². The van der Waals surface area contributed by atoms with E-state index in [1.54, 1.807) is 0 Å². The maximum absolute atomic E-state index is 12.1. The first kappa shape index (κ1) is 19.3. The van der Waals surface area contributed by atoms with Crippen LogP contribution in [0.25, 0.3) is 0 Å². The standard InChI is InChI=1S/C17H20N6O2S2/c1-4-15-20-21-16(27-15)18-14(24)10-26-17-22-19-13(23(17)3)9-25-12-7-5-11(2)6-8-12/h5-8H,4,9-10H2,1-3H3,(H,18,21,24). The minimum Gasteiger partial charge on any atom is -0.486 e. The number of hydrogen-bond donors (Lipinski definition) is 1. The quantitative estimate of drug-likeness (QED) is 0.577. The van der Waals surface area contributed by atoms with Crippen LogP contribution < -0.4 is 10.1 Å². The number of carbonyl (C=O) groups excluding carboxylic acids is 1. The average Bonchev–Trinajstić information content (AvgIpc) is 3.26. The van der Waals surface area contributed by atoms with Crippen LogP contribution in [0.15, 0.2) is 29.4 Å². The molecule has 0 spiro atoms. The highest BCUT2D eigenvalue weighted by atomic mass is 32.2. The van der Waals surface area contributed by atoms with Crippen LogP contribution in [0.5, 0.6) is 5.75 Å². The highest BCUT2D eigenvalue weighted by Crippen LogP contribution is 2.19. The summed E-state index contributed by atoms with van der Waals surface area (Å²) in [7, 11) is 1.85. The third-order valence-electron chi connectivity index (χ3n) is 3.66. The number of benzene rings is 1. The molecule has 10 heteroatoms. The summed E-state index contributed by atoms with van der Waals surface area (Å²) in [5.74, 6) is 1.53. The van der Waals surface area contributed by atoms with Crippen LogP contribution in [0.4, 0.5) is 5.13 Å². The van der Waals surface area contributed by atoms with Gasteiger partial charge in [0, 0.05) is 7.05 Å². The smallest absolute Gasteiger partial charge is 0.236 e. The van der Waals surface area contributed by atoms with Gasteiger partial charge < -0.3 is 9.30 Å². The van der Waals surface area contributed by atoms with Crippen molar-refractivity contribution in [3.8, 4) is 5.75 Å². The predicted octanol–water partition coefficient (Wildman–Crippen LogP) is 2.85. The number of aryl methyl sites for hydroxylation is 2. The molecule has 0 aliphatic heterocycles. The number of rotatable bonds is 8. The molecule has 3 rings (SSSR count). The van der Waals surface area contributed by atoms with Gasteiger partial charge in [-0.2, -0.15) is 0 Å². The number of carbonyl (C=O) groups is 1. The van der Waals surface area contributed by atoms with Crippen molar-refractivity contribution in [3.63, 3.8) is 0 Å². The van der Waals surface area contributed by atoms with E-state index >= 15 is 0 Å². The van der Waals surface area contributed by atoms with Crippen molar-refractivity contribution in [2.75, 3.05) is 11.1 Å². The zero-order chi connectivity index (χ0) is 19.2. The predicted molar refractivity (Wildman–Crippen MR) is 105 cm³/mol. The Bertz CT molecular complexity index is 907. The highest BCUT2D eigenvalue weighted by Gasteiger charge is 2.13. The molecular formula is C17H20N6O2S2. The molecule has 0 bridgehead atoms. The molecule has 27 heavy (non-hydrogen) atoms. The normalized spacial score (nSPS) is 10.8. The van der Waals surface area contributed by atoms with Crippen molar-refractivity contribution in [3.05, 3.63) is 40.7 Å². The number of nitrogens with one attached hydrogen (secondary N) is 1. The van der Waals surface area contributed by atoms with Gasteiger partial charge in [0.2, 0.25) is 11.0 Å². The van der Waals surface area contributed by atoms with E-state index in [0.29, 0.717) is 22.7 Å². The Kier molecular flexibility index (Phi) is 6.40. The van der Waals surface area contributed by atoms with Crippen LogP contribution in [0, 0.1) is 6.92 Å². The third-order valence-corrected chi connectivity index (χ3v) is 5.67. The van der Waals surface area contributed by atoms with Gasteiger partial charge in [-0.05, 0) is 25.5 Å². The number of anilines is 1. The van der Waals surface area contributed by atoms with Crippen molar-refractivity contribution in [2.45, 2.75) is 32.0 Å². The van der Waals surface area contributed by atoms with E-state index in [-0.39, 0.29) is 11.7 Å². The lowest BCUT2D eigenvalue weighted by atomic mass is 10.2. The fourth-order valence-corrected chi connectivity index (χ4v) is 3.54. The second-order valence-corrected chi connectivity index (χ2v) is 7.76. The number of ether oxygens (including phenoxy) is 1. The molecule has 0 atom stereocenters. The maximum atomic E-state index is 12.1. The highest BCUT2D eigenvalue weighted by molar-refractivity contribution is 7.99. The number of aromatic nitrogens is 5. The summed E-state index contributed by atoms with van der Waals surface area (Å²) in [4.78, 5) is 12.1. The van der Waals surface area contributed by atoms with Crippen molar-refractivity contribution in [1.29, 1.82) is 0 Å². The van der Waals surface area contributed by atoms with E-state index in [2.05, 4.69) is 25.7 Å². The Morgan fingerprint density at radius 2 is 2.00 bits per heavy atom. The van der Waals surface area contributed by atoms with Crippen LogP contribution in [0.1, 0.15) is 23.3 Å². The van der Waals surface area contributed by atoms with Crippen molar-refractivity contribution < 1.29 is 9.53 Å². The molecule has 0 aliphatic rings. The number of thioether (sulfide) groups is 1. The Morgan fingerprint density at radius 1 is 1.22 bits per heavy atom. The largest absolute Gasteiger partial charge is 0.486 e. The number of amides is 1. The molecule has 3 aromatic rings. The number of hydrogen-bond acceptors (Lipinski definition) is 8. The molecule has 0 saturated carbocycles. The van der Waals surface area contributed by atoms with E-state index in [0.717, 1.165) is 17.2 Å². The van der Waals surface area contributed by atoms with Crippen molar-refractivity contribution in [2.24, 2.45) is 7.05 Å². The summed E-state index contributed by atoms with van der Waals surface area (Å²) >= 11 is 2.69. The van der Waals surface area contributed by atoms with Gasteiger partial charge in [0.25, 0.3) is 0 Å². The average molecular weight is 405 g/mol. The van der Waals surface area contributed by atoms with Crippen molar-refractivity contribution in [1.82, 2.24) is 25.0 Å². The summed E-state index contributed by atoms with van der Waals surface area (Å²) in [6.45, 7) is 4.33. The molecule has 0 radical (unpaired) electrons. The Morgan fingerprint density at radius 3 is 2.70 bits per heavy atom. The van der Waals surface area contributed by atoms with E-state index < -0.39 is 0 Å². The minimum atomic E-state index is -0.153. The summed E-state index contributed by atoms with van der Waals surface area (Å²) in [5, 5.41) is 21.0. The second kappa shape index (κ2) is 8.96. The van der Waals surface area contributed by atoms with Crippen molar-refractivity contribution >= 4 is 34.1 Å². The zero-order valence-corrected chi connectivity index (χ0v) is 16.9. The molecule has 1 aromatic carbocycles. The molecule has 0 fully saturated rings. The molecule has 142 valence electrons. The first-order valence-electron chi connectivity index (χ1n) is 8.38. The van der Waals surface area contributed by atoms with E-state index in [4.69, 9.17) is 4.74 Å². The lowest BCUT2D eigenvalue weighted by molar-refractivity contribution is -0.113. The topological polar surface area (TPSA) is 94.8 Å². The van der Waals surface area contributed by atoms with Gasteiger partial charge >= 0.3 is 0 Å². The lowest BCUT2D eigenvalue weighted by Gasteiger charge is -2.06. The number of nitrogens with zero attached hydrogens (tertiary/aromatic N) is 5. The van der Waals surface area contributed by atoms with Crippen LogP contribution in [-0.2, 0) is 24.9 Å². The lowest BCUT2D eigenvalue weighted by Crippen LogP contribution is -2.14. The summed E-state index contributed by atoms with van der Waals surface area (Å²) < 4.78 is 7.56. The minimum absolute atomic E-state index is 0.153. The Balaban J connectivity index is 1.50. The SMILES string of the molecule is CCc1nnc(NC(=O)CSc2nnc(COc3ccc(C)cc3)n2C)s1. The Labute approximate surface area is 165 Å². The zero-order valence-electron chi connectivity index (χ0n) is 15.3. The van der Waals surface area contributed by atoms with E-state index in [9.17, 15) is 4.79 Å². The first-order chi connectivity index (χ1) is 13.0. The van der Waals surface area contributed by atoms with Gasteiger partial charge in [-0.1, -0.05) is 47.7 Å². The van der Waals surface area contributed by atoms with E-state index in [1.807, 2.05) is 49.7 Å². The molecular weight excluding hydrogens is 384 g/mol. The van der Waals surface area contributed by atoms with E-state index in [1.165, 1.54) is 28.7 Å². The molecule has 2 heterocycles. The molecule has 1 amide bonds. The maximum Gasteiger partial charge on any atom is 0.236 e. The summed E-state index contributed by atoms with van der Waals surface area (Å²) in [5.41, 5.74) is 1.18. The Hall–Kier alpha value is -2.46. The van der Waals surface area contributed by atoms with Crippen LogP contribution >= 0.6 is 23.1 Å². The second-order valence-electron chi connectivity index (χ2n) is 5.75. The molecule has 0 aliphatic carbocycles. The van der Waals surface area contributed by atoms with Gasteiger partial charge in [0.15, 0.2) is 11.0 Å². The van der Waals surface area contributed by atoms with Gasteiger partial charge in [-0.3, -0.25) is 10.1 Å². The van der Waals surface area contributed by atoms with Crippen LogP contribution in [0.3, 0.4) is 0 Å². The van der Waals surface area contributed by atoms with Gasteiger partial charge in [0.1, 0.15) is 17.4 Å². The summed E-state index contributed by atoms with van der Waals surface area (Å²) in [6.07, 6.45) is 0.800. The molecule has 1 N–H and O–H groups in total. The van der Waals surface area contributed by atoms with Crippen LogP contribution in [0.2, 0.25) is 0 Å². The molecule has 0 unspecified atom stereocenters. The third kappa shape index (κ3) is 5.27. The molecule has 8 nitrogen and oxygen atoms in total. The monoisotopic (exact) mass is 404 g/mol. The fraction of sp³-hybridized carbons (Fsp3) is 0.353. The molecule has 2 aromatic heterocycles. The van der Waals surface area contributed by atoms with Gasteiger partial charge in [-0.15, -0.1) is 20.4 Å². The van der Waals surface area contributed by atoms with Crippen LogP contribution in [-0.4, -0.2) is 36.6 Å². The summed E-state index contributed by atoms with van der Waals surface area (Å²) in [6, 6.07) is 7.83. The molecule has 0 saturated heterocycles.